The molecule has 8 nitrogen and oxygen atoms in total. The van der Waals surface area contributed by atoms with Crippen LogP contribution in [0.4, 0.5) is 22.0 Å². The van der Waals surface area contributed by atoms with Gasteiger partial charge in [0.2, 0.25) is 0 Å². The van der Waals surface area contributed by atoms with Gasteiger partial charge in [0.15, 0.2) is 0 Å². The predicted octanol–water partition coefficient (Wildman–Crippen LogP) is 2.47. The van der Waals surface area contributed by atoms with Gasteiger partial charge in [0.05, 0.1) is 13.0 Å². The Morgan fingerprint density at radius 3 is 2.10 bits per heavy atom. The number of hydrogen-bond donors (Lipinski definition) is 1. The molecule has 1 unspecified atom stereocenters. The summed E-state index contributed by atoms with van der Waals surface area (Å²) in [5.74, 6) is -9.15. The van der Waals surface area contributed by atoms with Gasteiger partial charge in [-0.2, -0.15) is 30.4 Å². The SMILES string of the molecule is C=CC(=O)OC(OCCC(F)(F)S(=O)(=O)O)(C(=O)Oc1ccccc1)C(F)(F)F. The summed E-state index contributed by atoms with van der Waals surface area (Å²) in [4.78, 5) is 23.5. The number of carbonyl (C=O) groups excluding carboxylic acids is 2. The molecule has 0 spiro atoms. The largest absolute Gasteiger partial charge is 0.468 e. The van der Waals surface area contributed by atoms with E-state index in [0.29, 0.717) is 0 Å². The monoisotopic (exact) mass is 448 g/mol. The standard InChI is InChI=1S/C15H13F5O8S/c1-2-11(21)28-14(15(18,19)20,12(22)27-10-6-4-3-5-7-10)26-9-8-13(16,17)29(23,24)25/h2-7H,1,8-9H2,(H,23,24,25). The maximum Gasteiger partial charge on any atom is 0.468 e. The van der Waals surface area contributed by atoms with E-state index < -0.39 is 58.1 Å². The number of halogens is 5. The Labute approximate surface area is 160 Å². The second kappa shape index (κ2) is 8.84. The van der Waals surface area contributed by atoms with E-state index >= 15 is 0 Å². The van der Waals surface area contributed by atoms with Gasteiger partial charge in [0.1, 0.15) is 5.75 Å². The van der Waals surface area contributed by atoms with Crippen molar-refractivity contribution in [3.8, 4) is 5.75 Å². The van der Waals surface area contributed by atoms with Crippen LogP contribution in [0.25, 0.3) is 0 Å². The summed E-state index contributed by atoms with van der Waals surface area (Å²) >= 11 is 0. The molecule has 0 saturated heterocycles. The third-order valence-electron chi connectivity index (χ3n) is 3.08. The minimum Gasteiger partial charge on any atom is -0.421 e. The fourth-order valence-corrected chi connectivity index (χ4v) is 2.02. The summed E-state index contributed by atoms with van der Waals surface area (Å²) in [5, 5.41) is -4.91. The fraction of sp³-hybridized carbons (Fsp3) is 0.333. The van der Waals surface area contributed by atoms with Gasteiger partial charge in [-0.15, -0.1) is 0 Å². The highest BCUT2D eigenvalue weighted by atomic mass is 32.2. The van der Waals surface area contributed by atoms with Crippen LogP contribution in [0.15, 0.2) is 43.0 Å². The molecule has 0 aliphatic heterocycles. The van der Waals surface area contributed by atoms with Gasteiger partial charge in [0, 0.05) is 6.08 Å². The second-order valence-electron chi connectivity index (χ2n) is 5.15. The third-order valence-corrected chi connectivity index (χ3v) is 4.04. The van der Waals surface area contributed by atoms with E-state index in [1.807, 2.05) is 0 Å². The van der Waals surface area contributed by atoms with Crippen LogP contribution in [0.2, 0.25) is 0 Å². The molecule has 1 atom stereocenters. The van der Waals surface area contributed by atoms with E-state index in [1.54, 1.807) is 0 Å². The molecule has 1 rings (SSSR count). The van der Waals surface area contributed by atoms with Crippen molar-refractivity contribution in [2.45, 2.75) is 23.6 Å². The van der Waals surface area contributed by atoms with Crippen molar-refractivity contribution >= 4 is 22.1 Å². The lowest BCUT2D eigenvalue weighted by molar-refractivity contribution is -0.352. The molecule has 1 aromatic rings. The zero-order valence-electron chi connectivity index (χ0n) is 14.2. The molecule has 0 heterocycles. The average Bonchev–Trinajstić information content (AvgIpc) is 2.59. The molecule has 0 amide bonds. The quantitative estimate of drug-likeness (QED) is 0.153. The Hall–Kier alpha value is -2.58. The van der Waals surface area contributed by atoms with Crippen molar-refractivity contribution in [2.75, 3.05) is 6.61 Å². The smallest absolute Gasteiger partial charge is 0.421 e. The minimum atomic E-state index is -5.99. The molecule has 0 aliphatic rings. The summed E-state index contributed by atoms with van der Waals surface area (Å²) in [7, 11) is -5.99. The van der Waals surface area contributed by atoms with Gasteiger partial charge in [-0.1, -0.05) is 24.8 Å². The third kappa shape index (κ3) is 5.95. The fourth-order valence-electron chi connectivity index (χ4n) is 1.67. The molecular weight excluding hydrogens is 435 g/mol. The number of rotatable bonds is 9. The van der Waals surface area contributed by atoms with Gasteiger partial charge in [-0.25, -0.2) is 9.59 Å². The van der Waals surface area contributed by atoms with E-state index in [1.165, 1.54) is 18.2 Å². The highest BCUT2D eigenvalue weighted by Crippen LogP contribution is 2.38. The van der Waals surface area contributed by atoms with Crippen molar-refractivity contribution in [3.05, 3.63) is 43.0 Å². The average molecular weight is 448 g/mol. The van der Waals surface area contributed by atoms with Crippen LogP contribution < -0.4 is 4.74 Å². The van der Waals surface area contributed by atoms with Crippen LogP contribution in [0.5, 0.6) is 5.75 Å². The lowest BCUT2D eigenvalue weighted by Crippen LogP contribution is -2.59. The van der Waals surface area contributed by atoms with Crippen LogP contribution in [-0.2, 0) is 29.2 Å². The number of esters is 2. The molecule has 14 heteroatoms. The molecule has 0 radical (unpaired) electrons. The highest BCUT2D eigenvalue weighted by molar-refractivity contribution is 7.86. The van der Waals surface area contributed by atoms with E-state index in [-0.39, 0.29) is 6.08 Å². The van der Waals surface area contributed by atoms with Crippen LogP contribution in [0.1, 0.15) is 6.42 Å². The molecular formula is C15H13F5O8S. The zero-order chi connectivity index (χ0) is 22.5. The van der Waals surface area contributed by atoms with Crippen molar-refractivity contribution in [3.63, 3.8) is 0 Å². The molecule has 0 aromatic heterocycles. The van der Waals surface area contributed by atoms with Crippen LogP contribution in [0, 0.1) is 0 Å². The van der Waals surface area contributed by atoms with Crippen LogP contribution in [-0.4, -0.2) is 48.7 Å². The summed E-state index contributed by atoms with van der Waals surface area (Å²) in [6.45, 7) is 1.05. The number of ether oxygens (including phenoxy) is 3. The highest BCUT2D eigenvalue weighted by Gasteiger charge is 2.68. The van der Waals surface area contributed by atoms with E-state index in [0.717, 1.165) is 12.1 Å². The number of carbonyl (C=O) groups is 2. The first-order valence-corrected chi connectivity index (χ1v) is 8.78. The molecule has 1 aromatic carbocycles. The molecule has 0 saturated carbocycles. The van der Waals surface area contributed by atoms with Crippen molar-refractivity contribution in [2.24, 2.45) is 0 Å². The molecule has 0 bridgehead atoms. The second-order valence-corrected chi connectivity index (χ2v) is 6.70. The Balaban J connectivity index is 3.25. The predicted molar refractivity (Wildman–Crippen MR) is 84.2 cm³/mol. The Bertz CT molecular complexity index is 853. The van der Waals surface area contributed by atoms with Gasteiger partial charge < -0.3 is 14.2 Å². The molecule has 0 fully saturated rings. The van der Waals surface area contributed by atoms with Crippen molar-refractivity contribution in [1.29, 1.82) is 0 Å². The first kappa shape index (κ1) is 24.5. The topological polar surface area (TPSA) is 116 Å². The lowest BCUT2D eigenvalue weighted by Gasteiger charge is -2.32. The number of hydrogen-bond acceptors (Lipinski definition) is 7. The summed E-state index contributed by atoms with van der Waals surface area (Å²) in [6.07, 6.45) is -7.62. The molecule has 0 aliphatic carbocycles. The number of para-hydroxylation sites is 1. The Morgan fingerprint density at radius 1 is 1.10 bits per heavy atom. The summed E-state index contributed by atoms with van der Waals surface area (Å²) in [6, 6.07) is 6.10. The Morgan fingerprint density at radius 2 is 1.66 bits per heavy atom. The maximum atomic E-state index is 13.6. The first-order chi connectivity index (χ1) is 13.2. The molecule has 29 heavy (non-hydrogen) atoms. The normalized spacial score (nSPS) is 14.6. The summed E-state index contributed by atoms with van der Waals surface area (Å²) < 4.78 is 109. The van der Waals surface area contributed by atoms with Crippen molar-refractivity contribution in [1.82, 2.24) is 0 Å². The van der Waals surface area contributed by atoms with Crippen LogP contribution >= 0.6 is 0 Å². The lowest BCUT2D eigenvalue weighted by atomic mass is 10.2. The molecule has 162 valence electrons. The molecule has 1 N–H and O–H groups in total. The minimum absolute atomic E-state index is 0.229. The zero-order valence-corrected chi connectivity index (χ0v) is 15.0. The van der Waals surface area contributed by atoms with E-state index in [4.69, 9.17) is 4.55 Å². The summed E-state index contributed by atoms with van der Waals surface area (Å²) in [5.41, 5.74) is 0. The Kier molecular flexibility index (Phi) is 7.45. The van der Waals surface area contributed by atoms with Crippen LogP contribution in [0.3, 0.4) is 0 Å². The first-order valence-electron chi connectivity index (χ1n) is 7.34. The maximum absolute atomic E-state index is 13.6. The van der Waals surface area contributed by atoms with Gasteiger partial charge >= 0.3 is 39.3 Å². The van der Waals surface area contributed by atoms with E-state index in [9.17, 15) is 40.0 Å². The van der Waals surface area contributed by atoms with Gasteiger partial charge in [-0.05, 0) is 12.1 Å². The van der Waals surface area contributed by atoms with Gasteiger partial charge in [-0.3, -0.25) is 4.55 Å². The van der Waals surface area contributed by atoms with Gasteiger partial charge in [0.25, 0.3) is 0 Å². The number of benzene rings is 1. The van der Waals surface area contributed by atoms with E-state index in [2.05, 4.69) is 20.8 Å². The van der Waals surface area contributed by atoms with Crippen molar-refractivity contribution < 1.29 is 58.7 Å². The number of alkyl halides is 5.